The molecule has 1 saturated heterocycles. The number of nitrogens with one attached hydrogen (secondary N) is 2. The van der Waals surface area contributed by atoms with Crippen molar-refractivity contribution in [3.05, 3.63) is 53.9 Å². The van der Waals surface area contributed by atoms with Gasteiger partial charge in [-0.2, -0.15) is 0 Å². The van der Waals surface area contributed by atoms with Gasteiger partial charge in [0.2, 0.25) is 0 Å². The van der Waals surface area contributed by atoms with Crippen molar-refractivity contribution in [3.8, 4) is 0 Å². The fourth-order valence-electron chi connectivity index (χ4n) is 2.54. The van der Waals surface area contributed by atoms with E-state index < -0.39 is 0 Å². The number of carbonyl (C=O) groups excluding carboxylic acids is 2. The van der Waals surface area contributed by atoms with Gasteiger partial charge >= 0.3 is 6.03 Å². The molecule has 8 nitrogen and oxygen atoms in total. The SMILES string of the molecule is Nc1cnccc1NC(=O)c1ccc(CNC(=O)N2CCOCC2)cc1. The lowest BCUT2D eigenvalue weighted by Gasteiger charge is -2.26. The lowest BCUT2D eigenvalue weighted by molar-refractivity contribution is 0.0531. The van der Waals surface area contributed by atoms with Crippen molar-refractivity contribution in [2.45, 2.75) is 6.54 Å². The summed E-state index contributed by atoms with van der Waals surface area (Å²) in [4.78, 5) is 29.9. The van der Waals surface area contributed by atoms with Crippen LogP contribution in [0.1, 0.15) is 15.9 Å². The maximum Gasteiger partial charge on any atom is 0.317 e. The Morgan fingerprint density at radius 2 is 1.88 bits per heavy atom. The summed E-state index contributed by atoms with van der Waals surface area (Å²) in [5, 5.41) is 5.62. The van der Waals surface area contributed by atoms with Crippen LogP contribution in [0.2, 0.25) is 0 Å². The summed E-state index contributed by atoms with van der Waals surface area (Å²) < 4.78 is 5.23. The van der Waals surface area contributed by atoms with Gasteiger partial charge in [-0.25, -0.2) is 4.79 Å². The van der Waals surface area contributed by atoms with Gasteiger partial charge in [0.15, 0.2) is 0 Å². The van der Waals surface area contributed by atoms with E-state index in [1.54, 1.807) is 29.3 Å². The first kappa shape index (κ1) is 17.7. The first-order valence-corrected chi connectivity index (χ1v) is 8.34. The quantitative estimate of drug-likeness (QED) is 0.769. The first-order valence-electron chi connectivity index (χ1n) is 8.34. The Bertz CT molecular complexity index is 773. The van der Waals surface area contributed by atoms with E-state index in [0.29, 0.717) is 49.8 Å². The second-order valence-corrected chi connectivity index (χ2v) is 5.87. The van der Waals surface area contributed by atoms with Gasteiger partial charge in [0.05, 0.1) is 30.8 Å². The topological polar surface area (TPSA) is 110 Å². The number of nitrogens with two attached hydrogens (primary N) is 1. The molecule has 0 saturated carbocycles. The summed E-state index contributed by atoms with van der Waals surface area (Å²) in [5.74, 6) is -0.258. The molecule has 8 heteroatoms. The summed E-state index contributed by atoms with van der Waals surface area (Å²) in [7, 11) is 0. The van der Waals surface area contributed by atoms with Gasteiger partial charge in [-0.3, -0.25) is 9.78 Å². The van der Waals surface area contributed by atoms with Gasteiger partial charge in [-0.15, -0.1) is 0 Å². The van der Waals surface area contributed by atoms with Gasteiger partial charge in [0.1, 0.15) is 0 Å². The molecule has 0 atom stereocenters. The van der Waals surface area contributed by atoms with Crippen molar-refractivity contribution in [2.75, 3.05) is 37.4 Å². The molecule has 1 fully saturated rings. The third-order valence-electron chi connectivity index (χ3n) is 4.06. The highest BCUT2D eigenvalue weighted by atomic mass is 16.5. The van der Waals surface area contributed by atoms with Crippen LogP contribution in [0.3, 0.4) is 0 Å². The molecule has 1 aromatic carbocycles. The van der Waals surface area contributed by atoms with Crippen LogP contribution in [0.5, 0.6) is 0 Å². The minimum absolute atomic E-state index is 0.108. The Labute approximate surface area is 151 Å². The summed E-state index contributed by atoms with van der Waals surface area (Å²) in [6.07, 6.45) is 3.04. The van der Waals surface area contributed by atoms with Crippen LogP contribution in [-0.2, 0) is 11.3 Å². The fraction of sp³-hybridized carbons (Fsp3) is 0.278. The molecule has 4 N–H and O–H groups in total. The molecule has 2 aromatic rings. The van der Waals surface area contributed by atoms with Crippen molar-refractivity contribution >= 4 is 23.3 Å². The fourth-order valence-corrected chi connectivity index (χ4v) is 2.54. The van der Waals surface area contributed by atoms with Crippen LogP contribution in [0.15, 0.2) is 42.7 Å². The number of rotatable bonds is 4. The Balaban J connectivity index is 1.53. The van der Waals surface area contributed by atoms with E-state index in [-0.39, 0.29) is 11.9 Å². The zero-order chi connectivity index (χ0) is 18.4. The van der Waals surface area contributed by atoms with Gasteiger partial charge < -0.3 is 26.0 Å². The molecule has 3 amide bonds. The molecule has 136 valence electrons. The third-order valence-corrected chi connectivity index (χ3v) is 4.06. The number of nitrogens with zero attached hydrogens (tertiary/aromatic N) is 2. The van der Waals surface area contributed by atoms with E-state index in [2.05, 4.69) is 15.6 Å². The normalized spacial score (nSPS) is 13.9. The summed E-state index contributed by atoms with van der Waals surface area (Å²) in [5.41, 5.74) is 8.11. The third kappa shape index (κ3) is 4.48. The van der Waals surface area contributed by atoms with Crippen LogP contribution < -0.4 is 16.4 Å². The predicted octanol–water partition coefficient (Wildman–Crippen LogP) is 1.46. The van der Waals surface area contributed by atoms with Crippen molar-refractivity contribution in [3.63, 3.8) is 0 Å². The number of carbonyl (C=O) groups is 2. The van der Waals surface area contributed by atoms with E-state index in [1.807, 2.05) is 12.1 Å². The van der Waals surface area contributed by atoms with Gasteiger partial charge in [-0.05, 0) is 23.8 Å². The molecule has 0 spiro atoms. The number of aromatic nitrogens is 1. The number of pyridine rings is 1. The number of anilines is 2. The van der Waals surface area contributed by atoms with Crippen molar-refractivity contribution in [1.82, 2.24) is 15.2 Å². The van der Waals surface area contributed by atoms with E-state index in [4.69, 9.17) is 10.5 Å². The second-order valence-electron chi connectivity index (χ2n) is 5.87. The summed E-state index contributed by atoms with van der Waals surface area (Å²) in [6, 6.07) is 8.58. The largest absolute Gasteiger partial charge is 0.396 e. The first-order chi connectivity index (χ1) is 12.6. The number of urea groups is 1. The highest BCUT2D eigenvalue weighted by Gasteiger charge is 2.16. The van der Waals surface area contributed by atoms with Gasteiger partial charge in [0, 0.05) is 31.4 Å². The molecular weight excluding hydrogens is 334 g/mol. The van der Waals surface area contributed by atoms with Crippen LogP contribution in [0, 0.1) is 0 Å². The van der Waals surface area contributed by atoms with Crippen molar-refractivity contribution in [1.29, 1.82) is 0 Å². The maximum atomic E-state index is 12.3. The molecule has 0 bridgehead atoms. The van der Waals surface area contributed by atoms with E-state index in [0.717, 1.165) is 5.56 Å². The number of hydrogen-bond donors (Lipinski definition) is 3. The smallest absolute Gasteiger partial charge is 0.317 e. The molecule has 0 unspecified atom stereocenters. The number of morpholine rings is 1. The Kier molecular flexibility index (Phi) is 5.65. The van der Waals surface area contributed by atoms with E-state index >= 15 is 0 Å². The average molecular weight is 355 g/mol. The van der Waals surface area contributed by atoms with Crippen LogP contribution >= 0.6 is 0 Å². The minimum Gasteiger partial charge on any atom is -0.396 e. The van der Waals surface area contributed by atoms with Crippen LogP contribution in [-0.4, -0.2) is 48.1 Å². The van der Waals surface area contributed by atoms with Crippen LogP contribution in [0.25, 0.3) is 0 Å². The van der Waals surface area contributed by atoms with Crippen molar-refractivity contribution < 1.29 is 14.3 Å². The molecule has 0 aliphatic carbocycles. The van der Waals surface area contributed by atoms with E-state index in [9.17, 15) is 9.59 Å². The molecule has 1 aliphatic rings. The van der Waals surface area contributed by atoms with Gasteiger partial charge in [0.25, 0.3) is 5.91 Å². The van der Waals surface area contributed by atoms with Crippen molar-refractivity contribution in [2.24, 2.45) is 0 Å². The highest BCUT2D eigenvalue weighted by molar-refractivity contribution is 6.05. The molecule has 1 aromatic heterocycles. The molecular formula is C18H21N5O3. The number of nitrogen functional groups attached to an aromatic ring is 1. The number of hydrogen-bond acceptors (Lipinski definition) is 5. The standard InChI is InChI=1S/C18H21N5O3/c19-15-12-20-6-5-16(15)22-17(24)14-3-1-13(2-4-14)11-21-18(25)23-7-9-26-10-8-23/h1-6,12H,7-11,19H2,(H,21,25)(H,20,22,24). The molecule has 2 heterocycles. The van der Waals surface area contributed by atoms with Gasteiger partial charge in [-0.1, -0.05) is 12.1 Å². The maximum absolute atomic E-state index is 12.3. The predicted molar refractivity (Wildman–Crippen MR) is 97.7 cm³/mol. The number of amides is 3. The zero-order valence-electron chi connectivity index (χ0n) is 14.3. The zero-order valence-corrected chi connectivity index (χ0v) is 14.3. The molecule has 1 aliphatic heterocycles. The average Bonchev–Trinajstić information content (AvgIpc) is 2.69. The summed E-state index contributed by atoms with van der Waals surface area (Å²) >= 11 is 0. The molecule has 26 heavy (non-hydrogen) atoms. The Hall–Kier alpha value is -3.13. The number of ether oxygens (including phenoxy) is 1. The lowest BCUT2D eigenvalue weighted by atomic mass is 10.1. The molecule has 0 radical (unpaired) electrons. The monoisotopic (exact) mass is 355 g/mol. The Morgan fingerprint density at radius 3 is 2.58 bits per heavy atom. The lowest BCUT2D eigenvalue weighted by Crippen LogP contribution is -2.45. The highest BCUT2D eigenvalue weighted by Crippen LogP contribution is 2.16. The second kappa shape index (κ2) is 8.30. The van der Waals surface area contributed by atoms with E-state index in [1.165, 1.54) is 6.20 Å². The van der Waals surface area contributed by atoms with Crippen LogP contribution in [0.4, 0.5) is 16.2 Å². The number of benzene rings is 1. The molecule has 3 rings (SSSR count). The Morgan fingerprint density at radius 1 is 1.15 bits per heavy atom. The summed E-state index contributed by atoms with van der Waals surface area (Å²) in [6.45, 7) is 2.74. The minimum atomic E-state index is -0.258.